The van der Waals surface area contributed by atoms with Crippen molar-refractivity contribution in [2.75, 3.05) is 11.9 Å². The zero-order valence-corrected chi connectivity index (χ0v) is 13.9. The van der Waals surface area contributed by atoms with Crippen LogP contribution < -0.4 is 10.6 Å². The molecule has 0 atom stereocenters. The molecule has 1 aromatic heterocycles. The second kappa shape index (κ2) is 8.06. The van der Waals surface area contributed by atoms with Crippen LogP contribution >= 0.6 is 0 Å². The van der Waals surface area contributed by atoms with Gasteiger partial charge in [0.1, 0.15) is 0 Å². The molecule has 24 heavy (non-hydrogen) atoms. The molecule has 0 aliphatic carbocycles. The molecule has 2 N–H and O–H groups in total. The molecule has 2 aromatic rings. The van der Waals surface area contributed by atoms with E-state index in [1.165, 1.54) is 18.5 Å². The Morgan fingerprint density at radius 3 is 2.50 bits per heavy atom. The van der Waals surface area contributed by atoms with Crippen molar-refractivity contribution in [3.05, 3.63) is 72.1 Å². The van der Waals surface area contributed by atoms with Crippen LogP contribution in [0.4, 0.5) is 5.69 Å². The van der Waals surface area contributed by atoms with Gasteiger partial charge in [-0.1, -0.05) is 38.1 Å². The summed E-state index contributed by atoms with van der Waals surface area (Å²) in [7, 11) is 0. The van der Waals surface area contributed by atoms with Gasteiger partial charge in [0.05, 0.1) is 11.1 Å². The van der Waals surface area contributed by atoms with Crippen molar-refractivity contribution in [3.8, 4) is 0 Å². The molecule has 0 saturated carbocycles. The Labute approximate surface area is 141 Å². The molecule has 0 unspecified atom stereocenters. The predicted octanol–water partition coefficient (Wildman–Crippen LogP) is 3.37. The van der Waals surface area contributed by atoms with Crippen molar-refractivity contribution in [2.24, 2.45) is 0 Å². The van der Waals surface area contributed by atoms with Gasteiger partial charge in [0.2, 0.25) is 0 Å². The van der Waals surface area contributed by atoms with E-state index in [0.717, 1.165) is 11.3 Å². The molecule has 0 saturated heterocycles. The summed E-state index contributed by atoms with van der Waals surface area (Å²) >= 11 is 0. The fourth-order valence-corrected chi connectivity index (χ4v) is 2.26. The number of anilines is 1. The maximum absolute atomic E-state index is 12.5. The average Bonchev–Trinajstić information content (AvgIpc) is 2.60. The zero-order valence-electron chi connectivity index (χ0n) is 13.9. The molecule has 0 aliphatic rings. The third-order valence-electron chi connectivity index (χ3n) is 3.50. The number of aromatic nitrogens is 1. The molecule has 0 spiro atoms. The maximum atomic E-state index is 12.5. The molecular weight excluding hydrogens is 302 g/mol. The topological polar surface area (TPSA) is 71.1 Å². The molecule has 5 nitrogen and oxygen atoms in total. The third-order valence-corrected chi connectivity index (χ3v) is 3.50. The molecule has 124 valence electrons. The number of para-hydroxylation sites is 1. The Hall–Kier alpha value is -2.95. The Morgan fingerprint density at radius 1 is 1.17 bits per heavy atom. The quantitative estimate of drug-likeness (QED) is 0.801. The Bertz CT molecular complexity index is 754. The van der Waals surface area contributed by atoms with Gasteiger partial charge in [-0.25, -0.2) is 0 Å². The Balaban J connectivity index is 2.19. The minimum Gasteiger partial charge on any atom is -0.349 e. The summed E-state index contributed by atoms with van der Waals surface area (Å²) in [5.74, 6) is -0.302. The lowest BCUT2D eigenvalue weighted by Crippen LogP contribution is -2.24. The highest BCUT2D eigenvalue weighted by Gasteiger charge is 2.13. The number of hydrogen-bond acceptors (Lipinski definition) is 3. The average molecular weight is 323 g/mol. The number of rotatable bonds is 6. The molecule has 2 rings (SSSR count). The smallest absolute Gasteiger partial charge is 0.257 e. The highest BCUT2D eigenvalue weighted by Crippen LogP contribution is 2.24. The summed E-state index contributed by atoms with van der Waals surface area (Å²) in [4.78, 5) is 28.4. The van der Waals surface area contributed by atoms with Gasteiger partial charge >= 0.3 is 0 Å². The number of carbonyl (C=O) groups excluding carboxylic acids is 2. The van der Waals surface area contributed by atoms with Gasteiger partial charge in [0.25, 0.3) is 11.8 Å². The molecule has 1 aromatic carbocycles. The minimum atomic E-state index is -0.297. The summed E-state index contributed by atoms with van der Waals surface area (Å²) < 4.78 is 0. The number of pyridine rings is 1. The first-order valence-electron chi connectivity index (χ1n) is 7.77. The molecule has 1 heterocycles. The van der Waals surface area contributed by atoms with E-state index < -0.39 is 0 Å². The molecule has 0 bridgehead atoms. The lowest BCUT2D eigenvalue weighted by molar-refractivity contribution is 0.0957. The summed E-state index contributed by atoms with van der Waals surface area (Å²) in [5.41, 5.74) is 2.49. The molecule has 0 aliphatic heterocycles. The number of benzene rings is 1. The molecule has 2 amide bonds. The Morgan fingerprint density at radius 2 is 1.83 bits per heavy atom. The van der Waals surface area contributed by atoms with Crippen LogP contribution in [-0.4, -0.2) is 23.3 Å². The normalized spacial score (nSPS) is 10.3. The largest absolute Gasteiger partial charge is 0.349 e. The van der Waals surface area contributed by atoms with Crippen molar-refractivity contribution in [2.45, 2.75) is 19.8 Å². The SMILES string of the molecule is C=CCNC(=O)c1cncc(C(=O)Nc2ccccc2C(C)C)c1. The number of amides is 2. The number of nitrogens with zero attached hydrogens (tertiary/aromatic N) is 1. The van der Waals surface area contributed by atoms with Gasteiger partial charge in [-0.15, -0.1) is 6.58 Å². The van der Waals surface area contributed by atoms with Crippen LogP contribution in [0.3, 0.4) is 0 Å². The molecule has 0 radical (unpaired) electrons. The van der Waals surface area contributed by atoms with E-state index in [1.54, 1.807) is 6.08 Å². The molecule has 5 heteroatoms. The molecule has 0 fully saturated rings. The number of nitrogens with one attached hydrogen (secondary N) is 2. The summed E-state index contributed by atoms with van der Waals surface area (Å²) in [6.45, 7) is 8.04. The van der Waals surface area contributed by atoms with E-state index in [9.17, 15) is 9.59 Å². The van der Waals surface area contributed by atoms with Gasteiger partial charge < -0.3 is 10.6 Å². The van der Waals surface area contributed by atoms with Crippen LogP contribution in [-0.2, 0) is 0 Å². The first kappa shape index (κ1) is 17.4. The summed E-state index contributed by atoms with van der Waals surface area (Å²) in [6, 6.07) is 9.19. The highest BCUT2D eigenvalue weighted by molar-refractivity contribution is 6.06. The number of carbonyl (C=O) groups is 2. The number of hydrogen-bond donors (Lipinski definition) is 2. The fraction of sp³-hybridized carbons (Fsp3) is 0.211. The summed E-state index contributed by atoms with van der Waals surface area (Å²) in [5, 5.41) is 5.55. The van der Waals surface area contributed by atoms with Crippen LogP contribution in [0.1, 0.15) is 46.0 Å². The van der Waals surface area contributed by atoms with Crippen molar-refractivity contribution in [3.63, 3.8) is 0 Å². The van der Waals surface area contributed by atoms with Gasteiger partial charge in [-0.3, -0.25) is 14.6 Å². The van der Waals surface area contributed by atoms with Crippen LogP contribution in [0, 0.1) is 0 Å². The van der Waals surface area contributed by atoms with E-state index in [0.29, 0.717) is 17.7 Å². The minimum absolute atomic E-state index is 0.288. The Kier molecular flexibility index (Phi) is 5.84. The second-order valence-electron chi connectivity index (χ2n) is 5.66. The van der Waals surface area contributed by atoms with Gasteiger partial charge in [-0.05, 0) is 23.6 Å². The highest BCUT2D eigenvalue weighted by atomic mass is 16.2. The van der Waals surface area contributed by atoms with Crippen molar-refractivity contribution < 1.29 is 9.59 Å². The zero-order chi connectivity index (χ0) is 17.5. The first-order valence-corrected chi connectivity index (χ1v) is 7.77. The van der Waals surface area contributed by atoms with Crippen molar-refractivity contribution in [1.29, 1.82) is 0 Å². The fourth-order valence-electron chi connectivity index (χ4n) is 2.26. The van der Waals surface area contributed by atoms with Gasteiger partial charge in [0.15, 0.2) is 0 Å². The van der Waals surface area contributed by atoms with Gasteiger partial charge in [-0.2, -0.15) is 0 Å². The van der Waals surface area contributed by atoms with Gasteiger partial charge in [0, 0.05) is 24.6 Å². The van der Waals surface area contributed by atoms with E-state index >= 15 is 0 Å². The second-order valence-corrected chi connectivity index (χ2v) is 5.66. The predicted molar refractivity (Wildman–Crippen MR) is 95.3 cm³/mol. The van der Waals surface area contributed by atoms with E-state index in [4.69, 9.17) is 0 Å². The molecular formula is C19H21N3O2. The van der Waals surface area contributed by atoms with Crippen LogP contribution in [0.2, 0.25) is 0 Å². The maximum Gasteiger partial charge on any atom is 0.257 e. The van der Waals surface area contributed by atoms with Crippen molar-refractivity contribution in [1.82, 2.24) is 10.3 Å². The lowest BCUT2D eigenvalue weighted by atomic mass is 10.0. The van der Waals surface area contributed by atoms with Crippen LogP contribution in [0.15, 0.2) is 55.4 Å². The van der Waals surface area contributed by atoms with Crippen LogP contribution in [0.5, 0.6) is 0 Å². The lowest BCUT2D eigenvalue weighted by Gasteiger charge is -2.13. The standard InChI is InChI=1S/C19H21N3O2/c1-4-9-21-18(23)14-10-15(12-20-11-14)19(24)22-17-8-6-5-7-16(17)13(2)3/h4-8,10-13H,1,9H2,2-3H3,(H,21,23)(H,22,24). The first-order chi connectivity index (χ1) is 11.5. The van der Waals surface area contributed by atoms with E-state index in [2.05, 4.69) is 36.0 Å². The van der Waals surface area contributed by atoms with E-state index in [1.807, 2.05) is 24.3 Å². The summed E-state index contributed by atoms with van der Waals surface area (Å²) in [6.07, 6.45) is 4.46. The van der Waals surface area contributed by atoms with Crippen molar-refractivity contribution >= 4 is 17.5 Å². The monoisotopic (exact) mass is 323 g/mol. The van der Waals surface area contributed by atoms with Crippen LogP contribution in [0.25, 0.3) is 0 Å². The third kappa shape index (κ3) is 4.29. The van der Waals surface area contributed by atoms with E-state index in [-0.39, 0.29) is 17.7 Å².